The van der Waals surface area contributed by atoms with Gasteiger partial charge in [0.25, 0.3) is 0 Å². The third-order valence-corrected chi connectivity index (χ3v) is 3.11. The lowest BCUT2D eigenvalue weighted by Crippen LogP contribution is -2.18. The molecule has 0 bridgehead atoms. The van der Waals surface area contributed by atoms with Gasteiger partial charge in [0.05, 0.1) is 13.2 Å². The number of aliphatic hydroxyl groups excluding tert-OH is 1. The summed E-state index contributed by atoms with van der Waals surface area (Å²) in [4.78, 5) is 0. The minimum absolute atomic E-state index is 0.0301. The van der Waals surface area contributed by atoms with Crippen molar-refractivity contribution in [3.05, 3.63) is 59.7 Å². The highest BCUT2D eigenvalue weighted by molar-refractivity contribution is 5.38. The largest absolute Gasteiger partial charge is 0.457 e. The van der Waals surface area contributed by atoms with Gasteiger partial charge in [-0.3, -0.25) is 0 Å². The van der Waals surface area contributed by atoms with Crippen LogP contribution >= 0.6 is 0 Å². The van der Waals surface area contributed by atoms with Gasteiger partial charge in [0.1, 0.15) is 11.5 Å². The van der Waals surface area contributed by atoms with Gasteiger partial charge in [-0.15, -0.1) is 0 Å². The van der Waals surface area contributed by atoms with Gasteiger partial charge in [-0.05, 0) is 23.8 Å². The summed E-state index contributed by atoms with van der Waals surface area (Å²) < 4.78 is 10.8. The van der Waals surface area contributed by atoms with Gasteiger partial charge in [0.15, 0.2) is 0 Å². The van der Waals surface area contributed by atoms with E-state index in [1.165, 1.54) is 5.56 Å². The topological polar surface area (TPSA) is 50.7 Å². The van der Waals surface area contributed by atoms with E-state index in [2.05, 4.69) is 5.32 Å². The molecule has 4 nitrogen and oxygen atoms in total. The molecule has 2 rings (SSSR count). The molecule has 0 unspecified atom stereocenters. The fourth-order valence-corrected chi connectivity index (χ4v) is 1.94. The highest BCUT2D eigenvalue weighted by atomic mass is 16.5. The van der Waals surface area contributed by atoms with E-state index in [0.717, 1.165) is 24.4 Å². The zero-order valence-electron chi connectivity index (χ0n) is 12.2. The highest BCUT2D eigenvalue weighted by Crippen LogP contribution is 2.25. The van der Waals surface area contributed by atoms with Crippen LogP contribution in [0.2, 0.25) is 0 Å². The van der Waals surface area contributed by atoms with Gasteiger partial charge in [-0.1, -0.05) is 30.3 Å². The van der Waals surface area contributed by atoms with Crippen LogP contribution in [0, 0.1) is 0 Å². The molecule has 0 aliphatic carbocycles. The first kappa shape index (κ1) is 15.5. The predicted octanol–water partition coefficient (Wildman–Crippen LogP) is 2.71. The van der Waals surface area contributed by atoms with E-state index in [1.54, 1.807) is 7.11 Å². The van der Waals surface area contributed by atoms with Crippen LogP contribution in [0.5, 0.6) is 11.5 Å². The molecule has 0 saturated heterocycles. The monoisotopic (exact) mass is 287 g/mol. The number of hydrogen-bond acceptors (Lipinski definition) is 4. The second-order valence-corrected chi connectivity index (χ2v) is 4.68. The maximum absolute atomic E-state index is 9.28. The molecule has 0 aliphatic heterocycles. The molecule has 0 radical (unpaired) electrons. The molecule has 0 spiro atoms. The number of rotatable bonds is 8. The first-order valence-corrected chi connectivity index (χ1v) is 6.98. The third kappa shape index (κ3) is 4.86. The second-order valence-electron chi connectivity index (χ2n) is 4.68. The van der Waals surface area contributed by atoms with Crippen molar-refractivity contribution in [2.75, 3.05) is 20.3 Å². The zero-order valence-corrected chi connectivity index (χ0v) is 12.2. The number of para-hydroxylation sites is 1. The summed E-state index contributed by atoms with van der Waals surface area (Å²) in [5.74, 6) is 1.45. The average molecular weight is 287 g/mol. The lowest BCUT2D eigenvalue weighted by Gasteiger charge is -2.10. The van der Waals surface area contributed by atoms with E-state index in [9.17, 15) is 5.11 Å². The van der Waals surface area contributed by atoms with E-state index in [-0.39, 0.29) is 6.61 Å². The van der Waals surface area contributed by atoms with E-state index < -0.39 is 0 Å². The molecule has 0 amide bonds. The smallest absolute Gasteiger partial charge is 0.132 e. The van der Waals surface area contributed by atoms with Crippen LogP contribution in [-0.2, 0) is 17.9 Å². The van der Waals surface area contributed by atoms with Crippen LogP contribution in [0.3, 0.4) is 0 Å². The summed E-state index contributed by atoms with van der Waals surface area (Å²) in [5.41, 5.74) is 1.97. The number of methoxy groups -OCH3 is 1. The molecule has 0 heterocycles. The normalized spacial score (nSPS) is 10.6. The zero-order chi connectivity index (χ0) is 14.9. The van der Waals surface area contributed by atoms with Crippen molar-refractivity contribution in [3.63, 3.8) is 0 Å². The summed E-state index contributed by atoms with van der Waals surface area (Å²) in [5, 5.41) is 12.6. The molecule has 0 aromatic heterocycles. The van der Waals surface area contributed by atoms with Crippen molar-refractivity contribution in [1.29, 1.82) is 0 Å². The fraction of sp³-hybridized carbons (Fsp3) is 0.294. The summed E-state index contributed by atoms with van der Waals surface area (Å²) in [6, 6.07) is 15.4. The van der Waals surface area contributed by atoms with Crippen LogP contribution in [0.25, 0.3) is 0 Å². The maximum atomic E-state index is 9.28. The SMILES string of the molecule is COCCNCc1ccc(Oc2ccccc2CO)cc1. The van der Waals surface area contributed by atoms with Crippen molar-refractivity contribution in [2.45, 2.75) is 13.2 Å². The highest BCUT2D eigenvalue weighted by Gasteiger charge is 2.03. The van der Waals surface area contributed by atoms with Gasteiger partial charge < -0.3 is 19.9 Å². The van der Waals surface area contributed by atoms with Gasteiger partial charge in [-0.25, -0.2) is 0 Å². The van der Waals surface area contributed by atoms with Crippen molar-refractivity contribution < 1.29 is 14.6 Å². The molecule has 2 aromatic rings. The molecular formula is C17H21NO3. The molecule has 112 valence electrons. The van der Waals surface area contributed by atoms with Gasteiger partial charge in [0.2, 0.25) is 0 Å². The van der Waals surface area contributed by atoms with Crippen LogP contribution in [0.4, 0.5) is 0 Å². The molecule has 2 aromatic carbocycles. The van der Waals surface area contributed by atoms with E-state index in [4.69, 9.17) is 9.47 Å². The lowest BCUT2D eigenvalue weighted by atomic mass is 10.2. The third-order valence-electron chi connectivity index (χ3n) is 3.11. The molecule has 0 aliphatic rings. The fourth-order valence-electron chi connectivity index (χ4n) is 1.94. The second kappa shape index (κ2) is 8.42. The molecule has 21 heavy (non-hydrogen) atoms. The van der Waals surface area contributed by atoms with Crippen molar-refractivity contribution >= 4 is 0 Å². The summed E-state index contributed by atoms with van der Waals surface area (Å²) in [6.45, 7) is 2.31. The minimum Gasteiger partial charge on any atom is -0.457 e. The van der Waals surface area contributed by atoms with Crippen LogP contribution in [0.15, 0.2) is 48.5 Å². The molecule has 0 saturated carbocycles. The first-order valence-electron chi connectivity index (χ1n) is 6.98. The Morgan fingerprint density at radius 3 is 2.52 bits per heavy atom. The van der Waals surface area contributed by atoms with E-state index in [0.29, 0.717) is 12.4 Å². The molecule has 0 fully saturated rings. The molecular weight excluding hydrogens is 266 g/mol. The predicted molar refractivity (Wildman–Crippen MR) is 82.5 cm³/mol. The Kier molecular flexibility index (Phi) is 6.22. The van der Waals surface area contributed by atoms with Crippen molar-refractivity contribution in [2.24, 2.45) is 0 Å². The Labute approximate surface area is 125 Å². The molecule has 4 heteroatoms. The summed E-state index contributed by atoms with van der Waals surface area (Å²) >= 11 is 0. The Morgan fingerprint density at radius 1 is 1.05 bits per heavy atom. The lowest BCUT2D eigenvalue weighted by molar-refractivity contribution is 0.199. The molecule has 2 N–H and O–H groups in total. The number of benzene rings is 2. The van der Waals surface area contributed by atoms with Gasteiger partial charge in [-0.2, -0.15) is 0 Å². The number of aliphatic hydroxyl groups is 1. The van der Waals surface area contributed by atoms with Crippen molar-refractivity contribution in [3.8, 4) is 11.5 Å². The summed E-state index contributed by atoms with van der Waals surface area (Å²) in [7, 11) is 1.69. The minimum atomic E-state index is -0.0301. The Morgan fingerprint density at radius 2 is 1.81 bits per heavy atom. The quantitative estimate of drug-likeness (QED) is 0.733. The number of nitrogens with one attached hydrogen (secondary N) is 1. The average Bonchev–Trinajstić information content (AvgIpc) is 2.54. The number of hydrogen-bond donors (Lipinski definition) is 2. The standard InChI is InChI=1S/C17H21NO3/c1-20-11-10-18-12-14-6-8-16(9-7-14)21-17-5-3-2-4-15(17)13-19/h2-9,18-19H,10-13H2,1H3. The first-order chi connectivity index (χ1) is 10.3. The molecule has 0 atom stereocenters. The Hall–Kier alpha value is -1.88. The maximum Gasteiger partial charge on any atom is 0.132 e. The van der Waals surface area contributed by atoms with Gasteiger partial charge in [0, 0.05) is 25.8 Å². The summed E-state index contributed by atoms with van der Waals surface area (Å²) in [6.07, 6.45) is 0. The van der Waals surface area contributed by atoms with Gasteiger partial charge >= 0.3 is 0 Å². The van der Waals surface area contributed by atoms with E-state index in [1.807, 2.05) is 48.5 Å². The van der Waals surface area contributed by atoms with Crippen LogP contribution in [0.1, 0.15) is 11.1 Å². The Balaban J connectivity index is 1.93. The van der Waals surface area contributed by atoms with E-state index >= 15 is 0 Å². The van der Waals surface area contributed by atoms with Crippen LogP contribution in [-0.4, -0.2) is 25.4 Å². The Bertz CT molecular complexity index is 540. The van der Waals surface area contributed by atoms with Crippen LogP contribution < -0.4 is 10.1 Å². The number of ether oxygens (including phenoxy) is 2. The van der Waals surface area contributed by atoms with Crippen molar-refractivity contribution in [1.82, 2.24) is 5.32 Å².